The van der Waals surface area contributed by atoms with Crippen molar-refractivity contribution in [2.75, 3.05) is 13.1 Å². The molecular formula is C19H25N5O. The highest BCUT2D eigenvalue weighted by molar-refractivity contribution is 5.72. The van der Waals surface area contributed by atoms with Gasteiger partial charge in [-0.25, -0.2) is 4.98 Å². The van der Waals surface area contributed by atoms with Crippen molar-refractivity contribution in [3.05, 3.63) is 41.8 Å². The molecule has 0 fully saturated rings. The highest BCUT2D eigenvalue weighted by atomic mass is 16.3. The highest BCUT2D eigenvalue weighted by Gasteiger charge is 2.21. The monoisotopic (exact) mass is 339 g/mol. The summed E-state index contributed by atoms with van der Waals surface area (Å²) in [5, 5.41) is 12.2. The molecule has 0 aliphatic carbocycles. The van der Waals surface area contributed by atoms with Gasteiger partial charge in [-0.05, 0) is 44.0 Å². The quantitative estimate of drug-likeness (QED) is 0.670. The maximum absolute atomic E-state index is 5.76. The second-order valence-corrected chi connectivity index (χ2v) is 6.78. The molecule has 1 atom stereocenters. The normalized spacial score (nSPS) is 17.1. The molecule has 1 unspecified atom stereocenters. The molecular weight excluding hydrogens is 314 g/mol. The van der Waals surface area contributed by atoms with Gasteiger partial charge in [0.05, 0.1) is 0 Å². The van der Waals surface area contributed by atoms with Gasteiger partial charge in [-0.1, -0.05) is 19.1 Å². The number of hydrogen-bond donors (Lipinski definition) is 1. The summed E-state index contributed by atoms with van der Waals surface area (Å²) in [6, 6.07) is 7.93. The lowest BCUT2D eigenvalue weighted by Crippen LogP contribution is -2.31. The lowest BCUT2D eigenvalue weighted by molar-refractivity contribution is 0.342. The molecule has 0 amide bonds. The van der Waals surface area contributed by atoms with E-state index in [0.717, 1.165) is 74.0 Å². The molecule has 4 rings (SSSR count). The van der Waals surface area contributed by atoms with Crippen molar-refractivity contribution < 1.29 is 4.42 Å². The van der Waals surface area contributed by atoms with Crippen LogP contribution in [0.15, 0.2) is 28.7 Å². The van der Waals surface area contributed by atoms with Crippen molar-refractivity contribution in [2.24, 2.45) is 5.92 Å². The molecule has 1 aliphatic heterocycles. The average molecular weight is 339 g/mol. The summed E-state index contributed by atoms with van der Waals surface area (Å²) in [6.07, 6.45) is 5.11. The summed E-state index contributed by atoms with van der Waals surface area (Å²) < 4.78 is 8.08. The fourth-order valence-corrected chi connectivity index (χ4v) is 3.58. The number of rotatable bonds is 7. The Balaban J connectivity index is 1.21. The fourth-order valence-electron chi connectivity index (χ4n) is 3.58. The van der Waals surface area contributed by atoms with Gasteiger partial charge in [0.2, 0.25) is 0 Å². The second kappa shape index (κ2) is 7.35. The Morgan fingerprint density at radius 1 is 1.28 bits per heavy atom. The van der Waals surface area contributed by atoms with E-state index < -0.39 is 0 Å². The molecule has 0 saturated carbocycles. The van der Waals surface area contributed by atoms with Crippen molar-refractivity contribution in [1.82, 2.24) is 25.1 Å². The van der Waals surface area contributed by atoms with Crippen molar-refractivity contribution in [3.8, 4) is 0 Å². The molecule has 1 aromatic carbocycles. The van der Waals surface area contributed by atoms with E-state index in [1.165, 1.54) is 6.42 Å². The number of aryl methyl sites for hydroxylation is 3. The summed E-state index contributed by atoms with van der Waals surface area (Å²) in [4.78, 5) is 4.53. The predicted octanol–water partition coefficient (Wildman–Crippen LogP) is 2.77. The highest BCUT2D eigenvalue weighted by Crippen LogP contribution is 2.20. The SMILES string of the molecule is CCc1nnc2n1CC(CNCCCc1nc3ccccc3o1)CC2. The van der Waals surface area contributed by atoms with Crippen LogP contribution in [0.1, 0.15) is 37.3 Å². The van der Waals surface area contributed by atoms with Crippen molar-refractivity contribution in [3.63, 3.8) is 0 Å². The zero-order valence-corrected chi connectivity index (χ0v) is 14.7. The Hall–Kier alpha value is -2.21. The van der Waals surface area contributed by atoms with E-state index in [-0.39, 0.29) is 0 Å². The molecule has 1 aliphatic rings. The summed E-state index contributed by atoms with van der Waals surface area (Å²) in [7, 11) is 0. The lowest BCUT2D eigenvalue weighted by Gasteiger charge is -2.24. The predicted molar refractivity (Wildman–Crippen MR) is 96.4 cm³/mol. The molecule has 3 heterocycles. The minimum atomic E-state index is 0.665. The number of nitrogens with zero attached hydrogens (tertiary/aromatic N) is 4. The van der Waals surface area contributed by atoms with Gasteiger partial charge in [0.1, 0.15) is 17.2 Å². The van der Waals surface area contributed by atoms with Crippen molar-refractivity contribution >= 4 is 11.1 Å². The Labute approximate surface area is 147 Å². The van der Waals surface area contributed by atoms with Gasteiger partial charge in [0.15, 0.2) is 11.5 Å². The number of hydrogen-bond acceptors (Lipinski definition) is 5. The first-order valence-corrected chi connectivity index (χ1v) is 9.29. The van der Waals surface area contributed by atoms with E-state index in [0.29, 0.717) is 5.92 Å². The maximum Gasteiger partial charge on any atom is 0.195 e. The summed E-state index contributed by atoms with van der Waals surface area (Å²) in [6.45, 7) is 5.23. The summed E-state index contributed by atoms with van der Waals surface area (Å²) in [5.74, 6) is 3.78. The number of benzene rings is 1. The number of oxazole rings is 1. The maximum atomic E-state index is 5.76. The molecule has 6 nitrogen and oxygen atoms in total. The number of nitrogens with one attached hydrogen (secondary N) is 1. The topological polar surface area (TPSA) is 68.8 Å². The first kappa shape index (κ1) is 16.3. The standard InChI is InChI=1S/C19H25N5O/c1-2-17-22-23-18-10-9-14(13-24(17)18)12-20-11-5-8-19-21-15-6-3-4-7-16(15)25-19/h3-4,6-7,14,20H,2,5,8-13H2,1H3. The van der Waals surface area contributed by atoms with Crippen LogP contribution in [0.25, 0.3) is 11.1 Å². The van der Waals surface area contributed by atoms with Crippen LogP contribution in [-0.2, 0) is 25.8 Å². The Bertz CT molecular complexity index is 791. The molecule has 2 aromatic heterocycles. The van der Waals surface area contributed by atoms with E-state index in [4.69, 9.17) is 4.42 Å². The van der Waals surface area contributed by atoms with Gasteiger partial charge in [-0.15, -0.1) is 10.2 Å². The van der Waals surface area contributed by atoms with E-state index in [9.17, 15) is 0 Å². The van der Waals surface area contributed by atoms with Crippen molar-refractivity contribution in [2.45, 2.75) is 45.6 Å². The minimum absolute atomic E-state index is 0.665. The second-order valence-electron chi connectivity index (χ2n) is 6.78. The van der Waals surface area contributed by atoms with E-state index in [2.05, 4.69) is 32.0 Å². The molecule has 0 radical (unpaired) electrons. The van der Waals surface area contributed by atoms with E-state index in [1.807, 2.05) is 24.3 Å². The van der Waals surface area contributed by atoms with E-state index >= 15 is 0 Å². The average Bonchev–Trinajstić information content (AvgIpc) is 3.24. The summed E-state index contributed by atoms with van der Waals surface area (Å²) >= 11 is 0. The van der Waals surface area contributed by atoms with Gasteiger partial charge < -0.3 is 14.3 Å². The van der Waals surface area contributed by atoms with Gasteiger partial charge >= 0.3 is 0 Å². The first-order valence-electron chi connectivity index (χ1n) is 9.29. The van der Waals surface area contributed by atoms with Crippen LogP contribution in [0.2, 0.25) is 0 Å². The van der Waals surface area contributed by atoms with Crippen molar-refractivity contribution in [1.29, 1.82) is 0 Å². The lowest BCUT2D eigenvalue weighted by atomic mass is 9.99. The van der Waals surface area contributed by atoms with E-state index in [1.54, 1.807) is 0 Å². The van der Waals surface area contributed by atoms with Gasteiger partial charge in [0.25, 0.3) is 0 Å². The molecule has 0 saturated heterocycles. The number of aromatic nitrogens is 4. The Morgan fingerprint density at radius 3 is 3.08 bits per heavy atom. The third kappa shape index (κ3) is 3.58. The Kier molecular flexibility index (Phi) is 4.78. The molecule has 0 bridgehead atoms. The minimum Gasteiger partial charge on any atom is -0.441 e. The molecule has 0 spiro atoms. The largest absolute Gasteiger partial charge is 0.441 e. The molecule has 1 N–H and O–H groups in total. The third-order valence-corrected chi connectivity index (χ3v) is 4.95. The van der Waals surface area contributed by atoms with Crippen LogP contribution in [-0.4, -0.2) is 32.8 Å². The molecule has 3 aromatic rings. The van der Waals surface area contributed by atoms with Crippen LogP contribution in [0.4, 0.5) is 0 Å². The molecule has 6 heteroatoms. The zero-order valence-electron chi connectivity index (χ0n) is 14.7. The smallest absolute Gasteiger partial charge is 0.195 e. The fraction of sp³-hybridized carbons (Fsp3) is 0.526. The number of fused-ring (bicyclic) bond motifs is 2. The summed E-state index contributed by atoms with van der Waals surface area (Å²) in [5.41, 5.74) is 1.83. The Morgan fingerprint density at radius 2 is 2.20 bits per heavy atom. The van der Waals surface area contributed by atoms with Crippen LogP contribution in [0.5, 0.6) is 0 Å². The molecule has 132 valence electrons. The number of para-hydroxylation sites is 2. The van der Waals surface area contributed by atoms with Gasteiger partial charge in [-0.3, -0.25) is 0 Å². The molecule has 25 heavy (non-hydrogen) atoms. The van der Waals surface area contributed by atoms with Crippen LogP contribution in [0, 0.1) is 5.92 Å². The first-order chi connectivity index (χ1) is 12.3. The zero-order chi connectivity index (χ0) is 17.1. The van der Waals surface area contributed by atoms with Crippen LogP contribution in [0.3, 0.4) is 0 Å². The van der Waals surface area contributed by atoms with Crippen LogP contribution < -0.4 is 5.32 Å². The van der Waals surface area contributed by atoms with Crippen LogP contribution >= 0.6 is 0 Å². The van der Waals surface area contributed by atoms with Gasteiger partial charge in [-0.2, -0.15) is 0 Å². The van der Waals surface area contributed by atoms with Gasteiger partial charge in [0, 0.05) is 25.8 Å². The third-order valence-electron chi connectivity index (χ3n) is 4.95.